The van der Waals surface area contributed by atoms with Crippen LogP contribution >= 0.6 is 8.58 Å². The summed E-state index contributed by atoms with van der Waals surface area (Å²) in [6.07, 6.45) is 1.08. The van der Waals surface area contributed by atoms with E-state index in [1.165, 1.54) is 10.9 Å². The molecule has 0 bridgehead atoms. The molecular weight excluding hydrogens is 226 g/mol. The second-order valence-electron chi connectivity index (χ2n) is 3.54. The fraction of sp³-hybridized carbons (Fsp3) is 0.143. The highest BCUT2D eigenvalue weighted by molar-refractivity contribution is 7.46. The Morgan fingerprint density at radius 2 is 1.59 bits per heavy atom. The van der Waals surface area contributed by atoms with Crippen LogP contribution in [0.1, 0.15) is 5.56 Å². The molecule has 0 amide bonds. The maximum Gasteiger partial charge on any atom is 0.126 e. The molecule has 3 heteroatoms. The Labute approximate surface area is 107 Å². The van der Waals surface area contributed by atoms with Crippen molar-refractivity contribution in [3.05, 3.63) is 60.2 Å². The maximum atomic E-state index is 5.34. The van der Waals surface area contributed by atoms with Gasteiger partial charge in [-0.3, -0.25) is 0 Å². The Morgan fingerprint density at radius 3 is 2.29 bits per heavy atom. The number of rotatable bonds is 4. The Bertz CT molecular complexity index is 445. The van der Waals surface area contributed by atoms with Crippen LogP contribution in [-0.4, -0.2) is 15.5 Å². The molecule has 2 rings (SSSR count). The molecule has 2 aromatic rings. The molecule has 0 heterocycles. The topological polar surface area (TPSA) is 9.23 Å². The highest BCUT2D eigenvalue weighted by atomic mass is 31.1. The monoisotopic (exact) mass is 244 g/mol. The molecule has 0 saturated heterocycles. The van der Waals surface area contributed by atoms with E-state index < -0.39 is 0 Å². The molecule has 1 nitrogen and oxygen atoms in total. The minimum atomic E-state index is 0. The van der Waals surface area contributed by atoms with Gasteiger partial charge in [-0.15, -0.1) is 0 Å². The standard InChI is InChI=1S/C14H15OP.BH3/c1-15-13-9-5-6-10-14(13)16-11-12-7-3-2-4-8-12;/h2-10,16H,11H2,1H3;1H3. The molecule has 1 unspecified atom stereocenters. The average Bonchev–Trinajstić information content (AvgIpc) is 2.38. The van der Waals surface area contributed by atoms with Gasteiger partial charge in [0.15, 0.2) is 0 Å². The molecular formula is C14H18BOP. The van der Waals surface area contributed by atoms with Crippen LogP contribution in [0.15, 0.2) is 54.6 Å². The van der Waals surface area contributed by atoms with Gasteiger partial charge in [-0.1, -0.05) is 57.1 Å². The Balaban J connectivity index is 0.00000144. The first-order valence-corrected chi connectivity index (χ1v) is 6.51. The van der Waals surface area contributed by atoms with E-state index in [2.05, 4.69) is 42.5 Å². The van der Waals surface area contributed by atoms with Gasteiger partial charge < -0.3 is 4.74 Å². The van der Waals surface area contributed by atoms with Crippen molar-refractivity contribution in [2.24, 2.45) is 0 Å². The van der Waals surface area contributed by atoms with Crippen LogP contribution in [0.4, 0.5) is 0 Å². The number of para-hydroxylation sites is 1. The largest absolute Gasteiger partial charge is 0.496 e. The van der Waals surface area contributed by atoms with Crippen molar-refractivity contribution in [1.29, 1.82) is 0 Å². The fourth-order valence-corrected chi connectivity index (χ4v) is 2.79. The Morgan fingerprint density at radius 1 is 0.941 bits per heavy atom. The smallest absolute Gasteiger partial charge is 0.126 e. The number of ether oxygens (including phenoxy) is 1. The van der Waals surface area contributed by atoms with Crippen LogP contribution < -0.4 is 10.0 Å². The lowest BCUT2D eigenvalue weighted by Gasteiger charge is -2.07. The van der Waals surface area contributed by atoms with Crippen LogP contribution in [-0.2, 0) is 6.16 Å². The van der Waals surface area contributed by atoms with Crippen LogP contribution in [0.25, 0.3) is 0 Å². The van der Waals surface area contributed by atoms with Gasteiger partial charge in [-0.2, -0.15) is 0 Å². The predicted molar refractivity (Wildman–Crippen MR) is 81.0 cm³/mol. The number of benzene rings is 2. The van der Waals surface area contributed by atoms with Crippen molar-refractivity contribution in [1.82, 2.24) is 0 Å². The van der Waals surface area contributed by atoms with E-state index in [9.17, 15) is 0 Å². The summed E-state index contributed by atoms with van der Waals surface area (Å²) in [7, 11) is 2.49. The van der Waals surface area contributed by atoms with Gasteiger partial charge >= 0.3 is 0 Å². The minimum Gasteiger partial charge on any atom is -0.496 e. The normalized spacial score (nSPS) is 10.2. The molecule has 0 aliphatic rings. The van der Waals surface area contributed by atoms with Gasteiger partial charge in [0.25, 0.3) is 0 Å². The van der Waals surface area contributed by atoms with Gasteiger partial charge in [0.05, 0.1) is 15.5 Å². The Hall–Kier alpha value is -1.27. The molecule has 1 atom stereocenters. The van der Waals surface area contributed by atoms with Crippen molar-refractivity contribution < 1.29 is 4.74 Å². The third-order valence-corrected chi connectivity index (χ3v) is 3.81. The summed E-state index contributed by atoms with van der Waals surface area (Å²) in [4.78, 5) is 0. The van der Waals surface area contributed by atoms with Crippen molar-refractivity contribution >= 4 is 22.3 Å². The third-order valence-electron chi connectivity index (χ3n) is 2.43. The molecule has 0 spiro atoms. The Kier molecular flexibility index (Phi) is 5.79. The van der Waals surface area contributed by atoms with Crippen LogP contribution in [0.2, 0.25) is 0 Å². The molecule has 0 N–H and O–H groups in total. The van der Waals surface area contributed by atoms with Gasteiger partial charge in [0.1, 0.15) is 5.75 Å². The second kappa shape index (κ2) is 7.14. The quantitative estimate of drug-likeness (QED) is 0.590. The van der Waals surface area contributed by atoms with Gasteiger partial charge in [0.2, 0.25) is 0 Å². The highest BCUT2D eigenvalue weighted by Gasteiger charge is 2.01. The molecule has 0 aromatic heterocycles. The van der Waals surface area contributed by atoms with Crippen molar-refractivity contribution in [2.75, 3.05) is 7.11 Å². The first-order valence-electron chi connectivity index (χ1n) is 5.31. The first kappa shape index (κ1) is 13.8. The zero-order chi connectivity index (χ0) is 11.2. The molecule has 0 aliphatic heterocycles. The summed E-state index contributed by atoms with van der Waals surface area (Å²) in [5.41, 5.74) is 1.38. The minimum absolute atomic E-state index is 0. The second-order valence-corrected chi connectivity index (χ2v) is 4.79. The van der Waals surface area contributed by atoms with Gasteiger partial charge in [0, 0.05) is 5.30 Å². The van der Waals surface area contributed by atoms with Crippen molar-refractivity contribution in [2.45, 2.75) is 6.16 Å². The molecule has 2 aromatic carbocycles. The summed E-state index contributed by atoms with van der Waals surface area (Å²) in [5, 5.41) is 1.30. The highest BCUT2D eigenvalue weighted by Crippen LogP contribution is 2.23. The summed E-state index contributed by atoms with van der Waals surface area (Å²) >= 11 is 0. The summed E-state index contributed by atoms with van der Waals surface area (Å²) in [5.74, 6) is 0.997. The van der Waals surface area contributed by atoms with Crippen LogP contribution in [0.3, 0.4) is 0 Å². The summed E-state index contributed by atoms with van der Waals surface area (Å²) < 4.78 is 5.34. The number of hydrogen-bond donors (Lipinski definition) is 0. The molecule has 17 heavy (non-hydrogen) atoms. The fourth-order valence-electron chi connectivity index (χ4n) is 1.58. The van der Waals surface area contributed by atoms with Crippen molar-refractivity contribution in [3.8, 4) is 5.75 Å². The molecule has 0 aliphatic carbocycles. The summed E-state index contributed by atoms with van der Waals surface area (Å²) in [6.45, 7) is 0. The first-order chi connectivity index (χ1) is 7.90. The SMILES string of the molecule is B.COc1ccccc1PCc1ccccc1. The zero-order valence-corrected chi connectivity index (χ0v) is 10.3. The van der Waals surface area contributed by atoms with E-state index in [1.807, 2.05) is 12.1 Å². The lowest BCUT2D eigenvalue weighted by atomic mass is 10.2. The van der Waals surface area contributed by atoms with E-state index in [0.717, 1.165) is 20.5 Å². The third kappa shape index (κ3) is 3.91. The molecule has 88 valence electrons. The predicted octanol–water partition coefficient (Wildman–Crippen LogP) is 2.02. The van der Waals surface area contributed by atoms with E-state index in [0.29, 0.717) is 0 Å². The van der Waals surface area contributed by atoms with Gasteiger partial charge in [-0.05, 0) is 17.8 Å². The van der Waals surface area contributed by atoms with E-state index in [-0.39, 0.29) is 8.41 Å². The van der Waals surface area contributed by atoms with Crippen LogP contribution in [0.5, 0.6) is 5.75 Å². The average molecular weight is 244 g/mol. The summed E-state index contributed by atoms with van der Waals surface area (Å²) in [6, 6.07) is 18.8. The molecule has 0 fully saturated rings. The van der Waals surface area contributed by atoms with Crippen molar-refractivity contribution in [3.63, 3.8) is 0 Å². The number of methoxy groups -OCH3 is 1. The van der Waals surface area contributed by atoms with Crippen LogP contribution in [0, 0.1) is 0 Å². The maximum absolute atomic E-state index is 5.34. The van der Waals surface area contributed by atoms with E-state index in [4.69, 9.17) is 4.74 Å². The lowest BCUT2D eigenvalue weighted by Crippen LogP contribution is -2.00. The van der Waals surface area contributed by atoms with E-state index >= 15 is 0 Å². The zero-order valence-electron chi connectivity index (χ0n) is 9.31. The lowest BCUT2D eigenvalue weighted by molar-refractivity contribution is 0.418. The van der Waals surface area contributed by atoms with E-state index in [1.54, 1.807) is 7.11 Å². The number of hydrogen-bond acceptors (Lipinski definition) is 1. The molecule has 0 radical (unpaired) electrons. The molecule has 0 saturated carbocycles. The van der Waals surface area contributed by atoms with Gasteiger partial charge in [-0.25, -0.2) is 0 Å².